The second-order valence-corrected chi connectivity index (χ2v) is 21.1. The summed E-state index contributed by atoms with van der Waals surface area (Å²) in [6.07, 6.45) is 62.6. The summed E-state index contributed by atoms with van der Waals surface area (Å²) in [4.78, 5) is 39.8. The molecule has 3 unspecified atom stereocenters. The number of esters is 1. The van der Waals surface area contributed by atoms with Crippen molar-refractivity contribution in [1.82, 2.24) is 5.32 Å². The highest BCUT2D eigenvalue weighted by molar-refractivity contribution is 7.45. The van der Waals surface area contributed by atoms with E-state index < -0.39 is 26.6 Å². The van der Waals surface area contributed by atoms with Gasteiger partial charge in [-0.2, -0.15) is 0 Å². The number of hydrogen-bond acceptors (Lipinski definition) is 7. The number of nitrogens with one attached hydrogen (secondary N) is 1. The van der Waals surface area contributed by atoms with Crippen molar-refractivity contribution in [3.8, 4) is 0 Å². The minimum atomic E-state index is -4.70. The molecule has 1 amide bonds. The van der Waals surface area contributed by atoms with Crippen LogP contribution in [0.15, 0.2) is 85.1 Å². The third kappa shape index (κ3) is 49.9. The van der Waals surface area contributed by atoms with Crippen LogP contribution in [0.5, 0.6) is 0 Å². The summed E-state index contributed by atoms with van der Waals surface area (Å²) in [5, 5.41) is 3.01. The number of unbranched alkanes of at least 4 members (excludes halogenated alkanes) is 23. The highest BCUT2D eigenvalue weighted by Gasteiger charge is 2.27. The van der Waals surface area contributed by atoms with E-state index in [4.69, 9.17) is 13.8 Å². The van der Waals surface area contributed by atoms with Gasteiger partial charge in [-0.05, 0) is 83.1 Å². The summed E-state index contributed by atoms with van der Waals surface area (Å²) in [6.45, 7) is 6.56. The third-order valence-electron chi connectivity index (χ3n) is 11.9. The smallest absolute Gasteiger partial charge is 0.306 e. The molecule has 398 valence electrons. The number of carbonyl (C=O) groups is 2. The molecule has 0 aliphatic heterocycles. The fraction of sp³-hybridized carbons (Fsp3) is 0.729. The maximum Gasteiger partial charge on any atom is 0.306 e. The van der Waals surface area contributed by atoms with E-state index in [2.05, 4.69) is 99.0 Å². The van der Waals surface area contributed by atoms with Gasteiger partial charge in [0, 0.05) is 12.8 Å². The van der Waals surface area contributed by atoms with Gasteiger partial charge in [-0.1, -0.05) is 215 Å². The van der Waals surface area contributed by atoms with Crippen molar-refractivity contribution >= 4 is 19.7 Å². The molecule has 0 saturated carbocycles. The summed E-state index contributed by atoms with van der Waals surface area (Å²) in [7, 11) is 1.16. The first-order valence-electron chi connectivity index (χ1n) is 27.9. The quantitative estimate of drug-likeness (QED) is 0.0161. The van der Waals surface area contributed by atoms with Gasteiger partial charge in [-0.3, -0.25) is 14.2 Å². The minimum Gasteiger partial charge on any atom is -0.756 e. The van der Waals surface area contributed by atoms with Gasteiger partial charge in [0.05, 0.1) is 33.8 Å². The number of hydrogen-bond donors (Lipinski definition) is 1. The number of ether oxygens (including phenoxy) is 1. The molecule has 1 N–H and O–H groups in total. The molecule has 0 spiro atoms. The molecule has 69 heavy (non-hydrogen) atoms. The summed E-state index contributed by atoms with van der Waals surface area (Å²) in [5.41, 5.74) is 0. The lowest BCUT2D eigenvalue weighted by molar-refractivity contribution is -0.870. The average Bonchev–Trinajstić information content (AvgIpc) is 3.31. The fourth-order valence-electron chi connectivity index (χ4n) is 7.59. The molecule has 3 atom stereocenters. The van der Waals surface area contributed by atoms with E-state index in [9.17, 15) is 19.0 Å². The van der Waals surface area contributed by atoms with Crippen molar-refractivity contribution in [2.24, 2.45) is 0 Å². The van der Waals surface area contributed by atoms with Gasteiger partial charge in [0.25, 0.3) is 7.82 Å². The van der Waals surface area contributed by atoms with E-state index in [-0.39, 0.29) is 24.9 Å². The first-order valence-corrected chi connectivity index (χ1v) is 29.4. The SMILES string of the molecule is CC/C=C/C=C/C=C/CCCCCCCCCC(=O)OC(/C=C/CCCCCCCCCCCC)C(COP(=O)([O-])OCC[N+](C)(C)C)NC(=O)CCCCCCCC/C=C/C/C=C/C/C=C/CC. The first kappa shape index (κ1) is 66.2. The Kier molecular flexibility index (Phi) is 46.8. The highest BCUT2D eigenvalue weighted by atomic mass is 31.2. The van der Waals surface area contributed by atoms with Crippen LogP contribution in [0.4, 0.5) is 0 Å². The number of carbonyl (C=O) groups excluding carboxylic acids is 2. The lowest BCUT2D eigenvalue weighted by atomic mass is 10.0. The summed E-state index contributed by atoms with van der Waals surface area (Å²) < 4.78 is 30.2. The standard InChI is InChI=1S/C59H105N2O7P/c1-7-10-13-16-19-22-25-28-30-32-33-36-39-42-45-48-51-58(62)60-56(55-67-69(64,65)66-54-53-61(4,5)6)57(50-47-44-41-38-35-27-24-21-18-15-12-9-3)68-59(63)52-49-46-43-40-37-34-31-29-26-23-20-17-14-11-8-2/h10-11,13-14,17,19-20,22-23,26,28,30,47,50,56-57H,7-9,12,15-16,18,21,24-25,27,29,31-46,48-49,51-55H2,1-6H3,(H-,60,62,64,65)/b13-10+,14-11+,20-17+,22-19+,26-23+,30-28+,50-47+. The Morgan fingerprint density at radius 3 is 1.55 bits per heavy atom. The number of nitrogens with zero attached hydrogens (tertiary/aromatic N) is 1. The van der Waals surface area contributed by atoms with Crippen LogP contribution in [-0.4, -0.2) is 69.4 Å². The summed E-state index contributed by atoms with van der Waals surface area (Å²) >= 11 is 0. The predicted molar refractivity (Wildman–Crippen MR) is 293 cm³/mol. The first-order chi connectivity index (χ1) is 33.4. The van der Waals surface area contributed by atoms with E-state index in [0.717, 1.165) is 116 Å². The molecule has 0 saturated heterocycles. The summed E-state index contributed by atoms with van der Waals surface area (Å²) in [5.74, 6) is -0.575. The molecule has 0 rings (SSSR count). The maximum absolute atomic E-state index is 13.5. The van der Waals surface area contributed by atoms with Crippen LogP contribution >= 0.6 is 7.82 Å². The van der Waals surface area contributed by atoms with E-state index in [1.165, 1.54) is 70.6 Å². The molecular weight excluding hydrogens is 880 g/mol. The molecule has 0 fully saturated rings. The van der Waals surface area contributed by atoms with Crippen LogP contribution < -0.4 is 10.2 Å². The van der Waals surface area contributed by atoms with Crippen LogP contribution in [0.2, 0.25) is 0 Å². The zero-order valence-corrected chi connectivity index (χ0v) is 46.1. The van der Waals surface area contributed by atoms with E-state index in [1.54, 1.807) is 0 Å². The maximum atomic E-state index is 13.5. The molecule has 9 nitrogen and oxygen atoms in total. The van der Waals surface area contributed by atoms with Crippen molar-refractivity contribution in [3.05, 3.63) is 85.1 Å². The number of phosphoric ester groups is 1. The van der Waals surface area contributed by atoms with Crippen LogP contribution in [0.1, 0.15) is 226 Å². The molecule has 0 heterocycles. The Labute approximate surface area is 425 Å². The normalized spacial score (nSPS) is 14.5. The van der Waals surface area contributed by atoms with Crippen molar-refractivity contribution in [3.63, 3.8) is 0 Å². The summed E-state index contributed by atoms with van der Waals surface area (Å²) in [6, 6.07) is -0.903. The van der Waals surface area contributed by atoms with E-state index >= 15 is 0 Å². The molecule has 0 bridgehead atoms. The lowest BCUT2D eigenvalue weighted by Gasteiger charge is -2.30. The minimum absolute atomic E-state index is 0.0310. The van der Waals surface area contributed by atoms with Crippen LogP contribution in [-0.2, 0) is 27.9 Å². The molecule has 0 aromatic carbocycles. The molecule has 0 aliphatic rings. The number of rotatable bonds is 49. The Bertz CT molecular complexity index is 1460. The number of likely N-dealkylation sites (N-methyl/N-ethyl adjacent to an activating group) is 1. The van der Waals surface area contributed by atoms with Crippen LogP contribution in [0.3, 0.4) is 0 Å². The Hall–Kier alpha value is -2.81. The number of quaternary nitrogens is 1. The topological polar surface area (TPSA) is 114 Å². The number of amides is 1. The fourth-order valence-corrected chi connectivity index (χ4v) is 8.32. The third-order valence-corrected chi connectivity index (χ3v) is 12.8. The van der Waals surface area contributed by atoms with Gasteiger partial charge >= 0.3 is 5.97 Å². The largest absolute Gasteiger partial charge is 0.756 e. The zero-order chi connectivity index (χ0) is 50.8. The van der Waals surface area contributed by atoms with Crippen molar-refractivity contribution in [2.45, 2.75) is 238 Å². The highest BCUT2D eigenvalue weighted by Crippen LogP contribution is 2.38. The molecule has 0 radical (unpaired) electrons. The second kappa shape index (κ2) is 48.8. The lowest BCUT2D eigenvalue weighted by Crippen LogP contribution is -2.47. The molecule has 10 heteroatoms. The Morgan fingerprint density at radius 2 is 1.00 bits per heavy atom. The van der Waals surface area contributed by atoms with Crippen molar-refractivity contribution in [2.75, 3.05) is 40.9 Å². The van der Waals surface area contributed by atoms with Gasteiger partial charge in [-0.25, -0.2) is 0 Å². The zero-order valence-electron chi connectivity index (χ0n) is 45.2. The average molecular weight is 985 g/mol. The van der Waals surface area contributed by atoms with Crippen LogP contribution in [0, 0.1) is 0 Å². The van der Waals surface area contributed by atoms with Gasteiger partial charge in [0.2, 0.25) is 5.91 Å². The number of phosphoric acid groups is 1. The van der Waals surface area contributed by atoms with E-state index in [0.29, 0.717) is 23.9 Å². The van der Waals surface area contributed by atoms with Crippen molar-refractivity contribution in [1.29, 1.82) is 0 Å². The predicted octanol–water partition coefficient (Wildman–Crippen LogP) is 16.0. The number of allylic oxidation sites excluding steroid dienone is 13. The van der Waals surface area contributed by atoms with Gasteiger partial charge < -0.3 is 28.5 Å². The van der Waals surface area contributed by atoms with Crippen LogP contribution in [0.25, 0.3) is 0 Å². The Morgan fingerprint density at radius 1 is 0.536 bits per heavy atom. The second-order valence-electron chi connectivity index (χ2n) is 19.7. The Balaban J connectivity index is 5.41. The molecule has 0 aliphatic carbocycles. The van der Waals surface area contributed by atoms with Gasteiger partial charge in [0.1, 0.15) is 19.3 Å². The molecular formula is C59H105N2O7P. The monoisotopic (exact) mass is 985 g/mol. The van der Waals surface area contributed by atoms with E-state index in [1.807, 2.05) is 33.3 Å². The van der Waals surface area contributed by atoms with Gasteiger partial charge in [-0.15, -0.1) is 0 Å². The van der Waals surface area contributed by atoms with Gasteiger partial charge in [0.15, 0.2) is 0 Å². The molecule has 0 aromatic rings. The molecule has 0 aromatic heterocycles. The van der Waals surface area contributed by atoms with Crippen molar-refractivity contribution < 1.29 is 37.3 Å².